The summed E-state index contributed by atoms with van der Waals surface area (Å²) in [5.74, 6) is -1.24. The van der Waals surface area contributed by atoms with E-state index in [0.29, 0.717) is 11.8 Å². The van der Waals surface area contributed by atoms with Crippen molar-refractivity contribution in [2.24, 2.45) is 0 Å². The summed E-state index contributed by atoms with van der Waals surface area (Å²) in [6.07, 6.45) is -4.56. The molecule has 0 aliphatic heterocycles. The summed E-state index contributed by atoms with van der Waals surface area (Å²) in [4.78, 5) is 23.3. The molecule has 0 unspecified atom stereocenters. The van der Waals surface area contributed by atoms with Gasteiger partial charge in [-0.25, -0.2) is 0 Å². The van der Waals surface area contributed by atoms with Crippen molar-refractivity contribution in [3.8, 4) is 0 Å². The number of nitrogens with one attached hydrogen (secondary N) is 2. The van der Waals surface area contributed by atoms with Crippen molar-refractivity contribution in [1.82, 2.24) is 16.0 Å². The van der Waals surface area contributed by atoms with E-state index < -0.39 is 23.6 Å². The minimum Gasteiger partial charge on any atom is -0.361 e. The predicted molar refractivity (Wildman–Crippen MR) is 67.6 cm³/mol. The Morgan fingerprint density at radius 1 is 1.14 bits per heavy atom. The standard InChI is InChI=1S/C13H10F3N3O3/c1-7-5-10(19-22-7)12(21)18-17-11(20)8-3-2-4-9(6-8)13(14,15)16/h2-6H,1H3,(H,17,20)(H,18,21). The molecule has 6 nitrogen and oxygen atoms in total. The van der Waals surface area contributed by atoms with Gasteiger partial charge in [0.05, 0.1) is 5.56 Å². The number of aromatic nitrogens is 1. The second kappa shape index (κ2) is 5.88. The molecule has 0 fully saturated rings. The molecule has 2 aromatic rings. The van der Waals surface area contributed by atoms with Crippen LogP contribution in [0.5, 0.6) is 0 Å². The first kappa shape index (κ1) is 15.5. The van der Waals surface area contributed by atoms with E-state index in [2.05, 4.69) is 9.68 Å². The van der Waals surface area contributed by atoms with Gasteiger partial charge >= 0.3 is 6.18 Å². The van der Waals surface area contributed by atoms with Gasteiger partial charge in [0.2, 0.25) is 0 Å². The zero-order valence-electron chi connectivity index (χ0n) is 11.2. The smallest absolute Gasteiger partial charge is 0.361 e. The van der Waals surface area contributed by atoms with E-state index in [-0.39, 0.29) is 11.3 Å². The highest BCUT2D eigenvalue weighted by Gasteiger charge is 2.30. The maximum atomic E-state index is 12.5. The molecule has 0 spiro atoms. The lowest BCUT2D eigenvalue weighted by Gasteiger charge is -2.09. The summed E-state index contributed by atoms with van der Waals surface area (Å²) in [7, 11) is 0. The summed E-state index contributed by atoms with van der Waals surface area (Å²) in [5.41, 5.74) is 2.75. The summed E-state index contributed by atoms with van der Waals surface area (Å²) >= 11 is 0. The maximum Gasteiger partial charge on any atom is 0.416 e. The highest BCUT2D eigenvalue weighted by molar-refractivity contribution is 5.98. The molecule has 2 amide bonds. The second-order valence-electron chi connectivity index (χ2n) is 4.31. The molecule has 0 radical (unpaired) electrons. The Hall–Kier alpha value is -2.84. The third-order valence-electron chi connectivity index (χ3n) is 2.60. The van der Waals surface area contributed by atoms with Gasteiger partial charge in [-0.05, 0) is 25.1 Å². The molecule has 2 N–H and O–H groups in total. The molecule has 9 heteroatoms. The first-order chi connectivity index (χ1) is 10.3. The topological polar surface area (TPSA) is 84.2 Å². The maximum absolute atomic E-state index is 12.5. The van der Waals surface area contributed by atoms with Crippen LogP contribution in [-0.2, 0) is 6.18 Å². The van der Waals surface area contributed by atoms with Crippen molar-refractivity contribution in [2.75, 3.05) is 0 Å². The van der Waals surface area contributed by atoms with E-state index in [1.54, 1.807) is 6.92 Å². The number of halogens is 3. The average Bonchev–Trinajstić information content (AvgIpc) is 2.90. The van der Waals surface area contributed by atoms with Gasteiger partial charge in [0.25, 0.3) is 11.8 Å². The van der Waals surface area contributed by atoms with Crippen molar-refractivity contribution in [1.29, 1.82) is 0 Å². The first-order valence-corrected chi connectivity index (χ1v) is 5.98. The van der Waals surface area contributed by atoms with Gasteiger partial charge < -0.3 is 4.52 Å². The number of alkyl halides is 3. The van der Waals surface area contributed by atoms with Crippen molar-refractivity contribution < 1.29 is 27.3 Å². The molecule has 1 aromatic heterocycles. The predicted octanol–water partition coefficient (Wildman–Crippen LogP) is 2.08. The lowest BCUT2D eigenvalue weighted by atomic mass is 10.1. The molecule has 0 bridgehead atoms. The third-order valence-corrected chi connectivity index (χ3v) is 2.60. The van der Waals surface area contributed by atoms with Gasteiger partial charge in [-0.3, -0.25) is 20.4 Å². The zero-order chi connectivity index (χ0) is 16.3. The van der Waals surface area contributed by atoms with E-state index in [4.69, 9.17) is 0 Å². The summed E-state index contributed by atoms with van der Waals surface area (Å²) in [6, 6.07) is 5.15. The number of amides is 2. The van der Waals surface area contributed by atoms with Crippen LogP contribution in [0.4, 0.5) is 13.2 Å². The van der Waals surface area contributed by atoms with Crippen molar-refractivity contribution in [3.63, 3.8) is 0 Å². The lowest BCUT2D eigenvalue weighted by Crippen LogP contribution is -2.41. The number of hydrazine groups is 1. The van der Waals surface area contributed by atoms with Crippen LogP contribution in [-0.4, -0.2) is 17.0 Å². The van der Waals surface area contributed by atoms with Crippen LogP contribution in [0.25, 0.3) is 0 Å². The normalized spacial score (nSPS) is 11.1. The van der Waals surface area contributed by atoms with Crippen LogP contribution in [0, 0.1) is 6.92 Å². The minimum atomic E-state index is -4.56. The Bertz CT molecular complexity index is 710. The Kier molecular flexibility index (Phi) is 4.15. The summed E-state index contributed by atoms with van der Waals surface area (Å²) < 4.78 is 42.3. The van der Waals surface area contributed by atoms with Crippen molar-refractivity contribution in [2.45, 2.75) is 13.1 Å². The highest BCUT2D eigenvalue weighted by atomic mass is 19.4. The Morgan fingerprint density at radius 2 is 1.82 bits per heavy atom. The monoisotopic (exact) mass is 313 g/mol. The van der Waals surface area contributed by atoms with Gasteiger partial charge in [-0.15, -0.1) is 0 Å². The van der Waals surface area contributed by atoms with E-state index in [9.17, 15) is 22.8 Å². The van der Waals surface area contributed by atoms with Gasteiger partial charge in [0, 0.05) is 11.6 Å². The fraction of sp³-hybridized carbons (Fsp3) is 0.154. The molecular formula is C13H10F3N3O3. The summed E-state index contributed by atoms with van der Waals surface area (Å²) in [5, 5.41) is 3.43. The molecule has 22 heavy (non-hydrogen) atoms. The van der Waals surface area contributed by atoms with Gasteiger partial charge in [-0.2, -0.15) is 13.2 Å². The van der Waals surface area contributed by atoms with Crippen molar-refractivity contribution in [3.05, 3.63) is 52.9 Å². The van der Waals surface area contributed by atoms with Gasteiger partial charge in [0.1, 0.15) is 5.76 Å². The number of rotatable bonds is 2. The molecule has 0 saturated carbocycles. The first-order valence-electron chi connectivity index (χ1n) is 5.98. The summed E-state index contributed by atoms with van der Waals surface area (Å²) in [6.45, 7) is 1.57. The van der Waals surface area contributed by atoms with Crippen LogP contribution in [0.15, 0.2) is 34.9 Å². The zero-order valence-corrected chi connectivity index (χ0v) is 11.2. The van der Waals surface area contributed by atoms with Gasteiger partial charge in [-0.1, -0.05) is 11.2 Å². The second-order valence-corrected chi connectivity index (χ2v) is 4.31. The molecule has 1 aromatic carbocycles. The highest BCUT2D eigenvalue weighted by Crippen LogP contribution is 2.29. The Morgan fingerprint density at radius 3 is 2.41 bits per heavy atom. The van der Waals surface area contributed by atoms with Crippen LogP contribution in [0.3, 0.4) is 0 Å². The average molecular weight is 313 g/mol. The molecule has 0 atom stereocenters. The molecule has 0 aliphatic rings. The minimum absolute atomic E-state index is 0.0677. The SMILES string of the molecule is Cc1cc(C(=O)NNC(=O)c2cccc(C(F)(F)F)c2)no1. The van der Waals surface area contributed by atoms with Crippen molar-refractivity contribution >= 4 is 11.8 Å². The Labute approximate surface area is 122 Å². The number of nitrogens with zero attached hydrogens (tertiary/aromatic N) is 1. The quantitative estimate of drug-likeness (QED) is 0.831. The number of hydrogen-bond acceptors (Lipinski definition) is 4. The molecule has 116 valence electrons. The van der Waals surface area contributed by atoms with E-state index in [1.165, 1.54) is 12.1 Å². The number of hydrogen-bond donors (Lipinski definition) is 2. The van der Waals surface area contributed by atoms with E-state index in [1.807, 2.05) is 10.9 Å². The van der Waals surface area contributed by atoms with E-state index in [0.717, 1.165) is 12.1 Å². The molecule has 1 heterocycles. The fourth-order valence-corrected chi connectivity index (χ4v) is 1.56. The number of benzene rings is 1. The number of aryl methyl sites for hydroxylation is 1. The lowest BCUT2D eigenvalue weighted by molar-refractivity contribution is -0.137. The number of carbonyl (C=O) groups is 2. The number of carbonyl (C=O) groups excluding carboxylic acids is 2. The van der Waals surface area contributed by atoms with E-state index >= 15 is 0 Å². The van der Waals surface area contributed by atoms with Crippen LogP contribution in [0.2, 0.25) is 0 Å². The third kappa shape index (κ3) is 3.62. The van der Waals surface area contributed by atoms with Crippen LogP contribution in [0.1, 0.15) is 32.2 Å². The van der Waals surface area contributed by atoms with Crippen LogP contribution < -0.4 is 10.9 Å². The molecule has 2 rings (SSSR count). The van der Waals surface area contributed by atoms with Crippen LogP contribution >= 0.6 is 0 Å². The Balaban J connectivity index is 2.02. The molecular weight excluding hydrogens is 303 g/mol. The fourth-order valence-electron chi connectivity index (χ4n) is 1.56. The largest absolute Gasteiger partial charge is 0.416 e. The molecule has 0 saturated heterocycles. The molecule has 0 aliphatic carbocycles. The van der Waals surface area contributed by atoms with Gasteiger partial charge in [0.15, 0.2) is 5.69 Å².